The van der Waals surface area contributed by atoms with Crippen molar-refractivity contribution in [2.75, 3.05) is 13.1 Å². The van der Waals surface area contributed by atoms with Crippen molar-refractivity contribution in [1.82, 2.24) is 10.2 Å². The zero-order valence-electron chi connectivity index (χ0n) is 6.66. The van der Waals surface area contributed by atoms with Crippen LogP contribution in [0.5, 0.6) is 0 Å². The molecule has 0 spiro atoms. The third kappa shape index (κ3) is 1.31. The van der Waals surface area contributed by atoms with Crippen molar-refractivity contribution in [3.8, 4) is 0 Å². The van der Waals surface area contributed by atoms with Crippen LogP contribution in [0.1, 0.15) is 0 Å². The van der Waals surface area contributed by atoms with Gasteiger partial charge in [-0.3, -0.25) is 14.7 Å². The fraction of sp³-hybridized carbons (Fsp3) is 0.250. The predicted molar refractivity (Wildman–Crippen MR) is 49.7 cm³/mol. The van der Waals surface area contributed by atoms with Crippen LogP contribution in [0.25, 0.3) is 0 Å². The molecular formula is C8H11N2OP. The Hall–Kier alpha value is -0.630. The highest BCUT2D eigenvalue weighted by Gasteiger charge is 2.27. The Morgan fingerprint density at radius 1 is 1.08 bits per heavy atom. The second-order valence-electron chi connectivity index (χ2n) is 2.76. The summed E-state index contributed by atoms with van der Waals surface area (Å²) in [5.74, 6) is 0. The van der Waals surface area contributed by atoms with Gasteiger partial charge >= 0.3 is 0 Å². The molecular weight excluding hydrogens is 171 g/mol. The molecule has 12 heavy (non-hydrogen) atoms. The maximum atomic E-state index is 12.0. The van der Waals surface area contributed by atoms with E-state index in [4.69, 9.17) is 0 Å². The second kappa shape index (κ2) is 3.02. The fourth-order valence-corrected chi connectivity index (χ4v) is 3.23. The van der Waals surface area contributed by atoms with Gasteiger partial charge in [0.05, 0.1) is 0 Å². The molecule has 1 aliphatic heterocycles. The first-order chi connectivity index (χ1) is 5.81. The van der Waals surface area contributed by atoms with E-state index in [-0.39, 0.29) is 0 Å². The van der Waals surface area contributed by atoms with Crippen LogP contribution < -0.4 is 15.5 Å². The van der Waals surface area contributed by atoms with E-state index in [1.165, 1.54) is 0 Å². The number of hydrogen-bond donors (Lipinski definition) is 2. The summed E-state index contributed by atoms with van der Waals surface area (Å²) in [6, 6.07) is 9.48. The van der Waals surface area contributed by atoms with E-state index in [0.717, 1.165) is 18.4 Å². The summed E-state index contributed by atoms with van der Waals surface area (Å²) in [4.78, 5) is 0. The molecule has 0 radical (unpaired) electrons. The van der Waals surface area contributed by atoms with Crippen LogP contribution in [0.2, 0.25) is 0 Å². The summed E-state index contributed by atoms with van der Waals surface area (Å²) in [6.07, 6.45) is 0. The SMILES string of the molecule is O=P1(c2ccccc2)NCCN1. The van der Waals surface area contributed by atoms with E-state index in [1.54, 1.807) is 0 Å². The molecule has 0 aromatic heterocycles. The minimum absolute atomic E-state index is 0.784. The first-order valence-corrected chi connectivity index (χ1v) is 5.68. The average molecular weight is 182 g/mol. The summed E-state index contributed by atoms with van der Waals surface area (Å²) < 4.78 is 12.0. The van der Waals surface area contributed by atoms with Crippen molar-refractivity contribution in [2.24, 2.45) is 0 Å². The lowest BCUT2D eigenvalue weighted by molar-refractivity contribution is 0.574. The van der Waals surface area contributed by atoms with Gasteiger partial charge in [-0.25, -0.2) is 0 Å². The van der Waals surface area contributed by atoms with Crippen LogP contribution in [-0.4, -0.2) is 13.1 Å². The maximum Gasteiger partial charge on any atom is 0.240 e. The summed E-state index contributed by atoms with van der Waals surface area (Å²) in [5, 5.41) is 6.85. The monoisotopic (exact) mass is 182 g/mol. The van der Waals surface area contributed by atoms with Crippen LogP contribution in [0.4, 0.5) is 0 Å². The Balaban J connectivity index is 2.36. The number of nitrogens with one attached hydrogen (secondary N) is 2. The van der Waals surface area contributed by atoms with E-state index in [1.807, 2.05) is 30.3 Å². The molecule has 0 bridgehead atoms. The molecule has 1 aromatic rings. The first kappa shape index (κ1) is 7.99. The molecule has 1 aromatic carbocycles. The lowest BCUT2D eigenvalue weighted by Gasteiger charge is -2.10. The third-order valence-corrected chi connectivity index (χ3v) is 4.28. The van der Waals surface area contributed by atoms with Crippen LogP contribution in [0, 0.1) is 0 Å². The molecule has 0 atom stereocenters. The molecule has 1 aliphatic rings. The Morgan fingerprint density at radius 3 is 2.25 bits per heavy atom. The van der Waals surface area contributed by atoms with Crippen molar-refractivity contribution in [1.29, 1.82) is 0 Å². The highest BCUT2D eigenvalue weighted by Crippen LogP contribution is 2.36. The molecule has 0 amide bonds. The molecule has 0 saturated carbocycles. The molecule has 1 saturated heterocycles. The van der Waals surface area contributed by atoms with Crippen molar-refractivity contribution in [3.05, 3.63) is 30.3 Å². The van der Waals surface area contributed by atoms with E-state index < -0.39 is 7.44 Å². The Bertz CT molecular complexity index is 302. The van der Waals surface area contributed by atoms with Crippen LogP contribution in [0.15, 0.2) is 30.3 Å². The number of hydrogen-bond acceptors (Lipinski definition) is 1. The molecule has 0 unspecified atom stereocenters. The number of rotatable bonds is 1. The number of benzene rings is 1. The van der Waals surface area contributed by atoms with Gasteiger partial charge in [-0.15, -0.1) is 0 Å². The van der Waals surface area contributed by atoms with Gasteiger partial charge in [-0.1, -0.05) is 18.2 Å². The molecule has 64 valence electrons. The quantitative estimate of drug-likeness (QED) is 0.628. The Morgan fingerprint density at radius 2 is 1.67 bits per heavy atom. The predicted octanol–water partition coefficient (Wildman–Crippen LogP) is 0.698. The van der Waals surface area contributed by atoms with Gasteiger partial charge in [0, 0.05) is 18.4 Å². The van der Waals surface area contributed by atoms with E-state index in [9.17, 15) is 4.57 Å². The standard InChI is InChI=1S/C8H11N2OP/c11-12(9-6-7-10-12)8-4-2-1-3-5-8/h1-5H,6-7H2,(H2,9,10,11). The van der Waals surface area contributed by atoms with Gasteiger partial charge in [-0.05, 0) is 12.1 Å². The van der Waals surface area contributed by atoms with Crippen LogP contribution in [0.3, 0.4) is 0 Å². The summed E-state index contributed by atoms with van der Waals surface area (Å²) >= 11 is 0. The summed E-state index contributed by atoms with van der Waals surface area (Å²) in [5.41, 5.74) is 0. The average Bonchev–Trinajstić information content (AvgIpc) is 2.55. The molecule has 1 heterocycles. The molecule has 1 fully saturated rings. The minimum atomic E-state index is -2.42. The smallest absolute Gasteiger partial charge is 0.240 e. The third-order valence-electron chi connectivity index (χ3n) is 1.91. The Kier molecular flexibility index (Phi) is 2.01. The van der Waals surface area contributed by atoms with Gasteiger partial charge < -0.3 is 0 Å². The lowest BCUT2D eigenvalue weighted by Crippen LogP contribution is -2.18. The zero-order valence-corrected chi connectivity index (χ0v) is 7.55. The maximum absolute atomic E-state index is 12.0. The first-order valence-electron chi connectivity index (χ1n) is 3.97. The zero-order chi connectivity index (χ0) is 8.44. The van der Waals surface area contributed by atoms with Gasteiger partial charge in [0.2, 0.25) is 7.44 Å². The second-order valence-corrected chi connectivity index (χ2v) is 5.13. The summed E-state index contributed by atoms with van der Waals surface area (Å²) in [6.45, 7) is 1.57. The largest absolute Gasteiger partial charge is 0.284 e. The van der Waals surface area contributed by atoms with E-state index >= 15 is 0 Å². The van der Waals surface area contributed by atoms with Crippen molar-refractivity contribution >= 4 is 12.7 Å². The molecule has 2 rings (SSSR count). The van der Waals surface area contributed by atoms with Crippen LogP contribution >= 0.6 is 7.44 Å². The molecule has 2 N–H and O–H groups in total. The summed E-state index contributed by atoms with van der Waals surface area (Å²) in [7, 11) is -2.42. The van der Waals surface area contributed by atoms with Crippen molar-refractivity contribution < 1.29 is 4.57 Å². The Labute approximate surface area is 71.7 Å². The van der Waals surface area contributed by atoms with Gasteiger partial charge in [0.1, 0.15) is 0 Å². The minimum Gasteiger partial charge on any atom is -0.284 e. The van der Waals surface area contributed by atoms with Crippen molar-refractivity contribution in [2.45, 2.75) is 0 Å². The molecule has 0 aliphatic carbocycles. The molecule has 4 heteroatoms. The lowest BCUT2D eigenvalue weighted by atomic mass is 10.4. The normalized spacial score (nSPS) is 21.0. The van der Waals surface area contributed by atoms with Gasteiger partial charge in [0.15, 0.2) is 0 Å². The van der Waals surface area contributed by atoms with Crippen LogP contribution in [-0.2, 0) is 4.57 Å². The van der Waals surface area contributed by atoms with Gasteiger partial charge in [0.25, 0.3) is 0 Å². The molecule has 3 nitrogen and oxygen atoms in total. The van der Waals surface area contributed by atoms with E-state index in [2.05, 4.69) is 10.2 Å². The fourth-order valence-electron chi connectivity index (χ4n) is 1.30. The van der Waals surface area contributed by atoms with Crippen molar-refractivity contribution in [3.63, 3.8) is 0 Å². The highest BCUT2D eigenvalue weighted by molar-refractivity contribution is 7.68. The van der Waals surface area contributed by atoms with E-state index in [0.29, 0.717) is 0 Å². The topological polar surface area (TPSA) is 41.1 Å². The van der Waals surface area contributed by atoms with Gasteiger partial charge in [-0.2, -0.15) is 0 Å². The highest BCUT2D eigenvalue weighted by atomic mass is 31.2.